The van der Waals surface area contributed by atoms with Crippen LogP contribution in [0.3, 0.4) is 0 Å². The third-order valence-corrected chi connectivity index (χ3v) is 3.49. The van der Waals surface area contributed by atoms with Gasteiger partial charge in [-0.3, -0.25) is 0 Å². The van der Waals surface area contributed by atoms with Crippen molar-refractivity contribution < 1.29 is 5.11 Å². The predicted octanol–water partition coefficient (Wildman–Crippen LogP) is 1.50. The van der Waals surface area contributed by atoms with E-state index < -0.39 is 0 Å². The number of rotatable bonds is 4. The lowest BCUT2D eigenvalue weighted by atomic mass is 9.94. The second-order valence-electron chi connectivity index (χ2n) is 4.91. The molecule has 18 heavy (non-hydrogen) atoms. The van der Waals surface area contributed by atoms with Gasteiger partial charge in [0.05, 0.1) is 6.61 Å². The maximum atomic E-state index is 9.25. The van der Waals surface area contributed by atoms with Crippen LogP contribution in [-0.4, -0.2) is 34.3 Å². The molecule has 1 heterocycles. The van der Waals surface area contributed by atoms with Crippen molar-refractivity contribution in [2.45, 2.75) is 45.1 Å². The summed E-state index contributed by atoms with van der Waals surface area (Å²) in [6, 6.07) is 2.27. The highest BCUT2D eigenvalue weighted by Crippen LogP contribution is 2.26. The summed E-state index contributed by atoms with van der Waals surface area (Å²) in [4.78, 5) is 10.7. The van der Waals surface area contributed by atoms with E-state index in [0.29, 0.717) is 24.2 Å². The Labute approximate surface area is 108 Å². The maximum absolute atomic E-state index is 9.25. The molecule has 2 rings (SSSR count). The van der Waals surface area contributed by atoms with Crippen molar-refractivity contribution in [1.82, 2.24) is 9.97 Å². The van der Waals surface area contributed by atoms with Crippen LogP contribution in [0.2, 0.25) is 0 Å². The van der Waals surface area contributed by atoms with Crippen molar-refractivity contribution in [2.75, 3.05) is 23.8 Å². The molecule has 1 fully saturated rings. The van der Waals surface area contributed by atoms with Crippen LogP contribution in [0.25, 0.3) is 0 Å². The fraction of sp³-hybridized carbons (Fsp3) is 0.692. The van der Waals surface area contributed by atoms with Gasteiger partial charge in [-0.25, -0.2) is 9.97 Å². The summed E-state index contributed by atoms with van der Waals surface area (Å²) < 4.78 is 0. The lowest BCUT2D eigenvalue weighted by Gasteiger charge is -2.35. The number of nitrogens with zero attached hydrogens (tertiary/aromatic N) is 3. The second kappa shape index (κ2) is 6.00. The van der Waals surface area contributed by atoms with E-state index in [4.69, 9.17) is 5.73 Å². The van der Waals surface area contributed by atoms with Gasteiger partial charge in [0.15, 0.2) is 0 Å². The van der Waals surface area contributed by atoms with Gasteiger partial charge >= 0.3 is 0 Å². The van der Waals surface area contributed by atoms with E-state index >= 15 is 0 Å². The Bertz CT molecular complexity index is 370. The van der Waals surface area contributed by atoms with Crippen LogP contribution in [0.15, 0.2) is 6.07 Å². The summed E-state index contributed by atoms with van der Waals surface area (Å²) >= 11 is 0. The number of aliphatic hydroxyl groups excluding tert-OH is 1. The van der Waals surface area contributed by atoms with Crippen LogP contribution in [-0.2, 0) is 0 Å². The van der Waals surface area contributed by atoms with E-state index in [-0.39, 0.29) is 6.61 Å². The SMILES string of the molecule is Cc1nc(N)cc(N(CCO)C2CCCCC2)n1. The molecule has 1 aliphatic carbocycles. The normalized spacial score (nSPS) is 16.8. The average molecular weight is 250 g/mol. The number of hydrogen-bond acceptors (Lipinski definition) is 5. The zero-order chi connectivity index (χ0) is 13.0. The first-order chi connectivity index (χ1) is 8.70. The van der Waals surface area contributed by atoms with Crippen LogP contribution in [0.1, 0.15) is 37.9 Å². The molecule has 5 nitrogen and oxygen atoms in total. The molecule has 0 unspecified atom stereocenters. The van der Waals surface area contributed by atoms with E-state index in [1.807, 2.05) is 6.92 Å². The zero-order valence-corrected chi connectivity index (χ0v) is 11.0. The molecule has 0 saturated heterocycles. The van der Waals surface area contributed by atoms with Crippen LogP contribution in [0, 0.1) is 6.92 Å². The van der Waals surface area contributed by atoms with Gasteiger partial charge in [-0.2, -0.15) is 0 Å². The van der Waals surface area contributed by atoms with Crippen molar-refractivity contribution in [2.24, 2.45) is 0 Å². The number of aryl methyl sites for hydroxylation is 1. The number of aromatic nitrogens is 2. The van der Waals surface area contributed by atoms with Gasteiger partial charge in [0, 0.05) is 18.7 Å². The molecule has 0 amide bonds. The molecular weight excluding hydrogens is 228 g/mol. The first-order valence-corrected chi connectivity index (χ1v) is 6.69. The molecule has 0 radical (unpaired) electrons. The highest BCUT2D eigenvalue weighted by molar-refractivity contribution is 5.47. The topological polar surface area (TPSA) is 75.3 Å². The standard InChI is InChI=1S/C13H22N4O/c1-10-15-12(14)9-13(16-10)17(7-8-18)11-5-3-2-4-6-11/h9,11,18H,2-8H2,1H3,(H2,14,15,16). The molecule has 1 aromatic rings. The lowest BCUT2D eigenvalue weighted by molar-refractivity contribution is 0.289. The zero-order valence-electron chi connectivity index (χ0n) is 11.0. The third-order valence-electron chi connectivity index (χ3n) is 3.49. The van der Waals surface area contributed by atoms with Crippen molar-refractivity contribution in [1.29, 1.82) is 0 Å². The summed E-state index contributed by atoms with van der Waals surface area (Å²) in [5, 5.41) is 9.25. The van der Waals surface area contributed by atoms with Gasteiger partial charge in [-0.15, -0.1) is 0 Å². The maximum Gasteiger partial charge on any atom is 0.134 e. The van der Waals surface area contributed by atoms with E-state index in [2.05, 4.69) is 14.9 Å². The molecule has 0 spiro atoms. The minimum Gasteiger partial charge on any atom is -0.395 e. The Morgan fingerprint density at radius 1 is 1.33 bits per heavy atom. The molecule has 5 heteroatoms. The monoisotopic (exact) mass is 250 g/mol. The Hall–Kier alpha value is -1.36. The smallest absolute Gasteiger partial charge is 0.134 e. The molecule has 0 atom stereocenters. The fourth-order valence-corrected chi connectivity index (χ4v) is 2.71. The van der Waals surface area contributed by atoms with Crippen molar-refractivity contribution in [3.8, 4) is 0 Å². The van der Waals surface area contributed by atoms with Crippen LogP contribution >= 0.6 is 0 Å². The van der Waals surface area contributed by atoms with Gasteiger partial charge in [-0.05, 0) is 19.8 Å². The van der Waals surface area contributed by atoms with Gasteiger partial charge < -0.3 is 15.7 Å². The number of anilines is 2. The number of hydrogen-bond donors (Lipinski definition) is 2. The number of aliphatic hydroxyl groups is 1. The van der Waals surface area contributed by atoms with Gasteiger partial charge in [-0.1, -0.05) is 19.3 Å². The molecule has 1 aromatic heterocycles. The summed E-state index contributed by atoms with van der Waals surface area (Å²) in [6.07, 6.45) is 6.17. The summed E-state index contributed by atoms with van der Waals surface area (Å²) in [5.74, 6) is 2.03. The number of nitrogens with two attached hydrogens (primary N) is 1. The Morgan fingerprint density at radius 3 is 2.67 bits per heavy atom. The molecule has 100 valence electrons. The minimum atomic E-state index is 0.138. The fourth-order valence-electron chi connectivity index (χ4n) is 2.71. The Balaban J connectivity index is 2.22. The molecule has 0 bridgehead atoms. The van der Waals surface area contributed by atoms with E-state index in [0.717, 1.165) is 5.82 Å². The first-order valence-electron chi connectivity index (χ1n) is 6.69. The van der Waals surface area contributed by atoms with Crippen LogP contribution in [0.4, 0.5) is 11.6 Å². The average Bonchev–Trinajstić information content (AvgIpc) is 2.36. The van der Waals surface area contributed by atoms with Crippen LogP contribution < -0.4 is 10.6 Å². The summed E-state index contributed by atoms with van der Waals surface area (Å²) in [5.41, 5.74) is 5.78. The van der Waals surface area contributed by atoms with Crippen molar-refractivity contribution in [3.05, 3.63) is 11.9 Å². The van der Waals surface area contributed by atoms with Gasteiger partial charge in [0.2, 0.25) is 0 Å². The molecule has 1 saturated carbocycles. The van der Waals surface area contributed by atoms with Gasteiger partial charge in [0.1, 0.15) is 17.5 Å². The van der Waals surface area contributed by atoms with E-state index in [1.165, 1.54) is 32.1 Å². The van der Waals surface area contributed by atoms with Crippen molar-refractivity contribution in [3.63, 3.8) is 0 Å². The Morgan fingerprint density at radius 2 is 2.06 bits per heavy atom. The minimum absolute atomic E-state index is 0.138. The second-order valence-corrected chi connectivity index (χ2v) is 4.91. The first kappa shape index (κ1) is 13.1. The predicted molar refractivity (Wildman–Crippen MR) is 72.5 cm³/mol. The molecular formula is C13H22N4O. The largest absolute Gasteiger partial charge is 0.395 e. The molecule has 3 N–H and O–H groups in total. The quantitative estimate of drug-likeness (QED) is 0.847. The third kappa shape index (κ3) is 3.10. The number of nitrogen functional groups attached to an aromatic ring is 1. The van der Waals surface area contributed by atoms with Gasteiger partial charge in [0.25, 0.3) is 0 Å². The van der Waals surface area contributed by atoms with Crippen molar-refractivity contribution >= 4 is 11.6 Å². The Kier molecular flexibility index (Phi) is 4.36. The molecule has 1 aliphatic rings. The summed E-state index contributed by atoms with van der Waals surface area (Å²) in [6.45, 7) is 2.60. The summed E-state index contributed by atoms with van der Waals surface area (Å²) in [7, 11) is 0. The van der Waals surface area contributed by atoms with E-state index in [1.54, 1.807) is 6.07 Å². The highest BCUT2D eigenvalue weighted by atomic mass is 16.3. The molecule has 0 aliphatic heterocycles. The molecule has 0 aromatic carbocycles. The highest BCUT2D eigenvalue weighted by Gasteiger charge is 2.22. The van der Waals surface area contributed by atoms with Crippen LogP contribution in [0.5, 0.6) is 0 Å². The lowest BCUT2D eigenvalue weighted by Crippen LogP contribution is -2.39. The van der Waals surface area contributed by atoms with E-state index in [9.17, 15) is 5.11 Å².